The Hall–Kier alpha value is -1.82. The molecule has 0 aromatic heterocycles. The average molecular weight is 203 g/mol. The predicted octanol–water partition coefficient (Wildman–Crippen LogP) is 2.22. The second-order valence-electron chi connectivity index (χ2n) is 3.38. The van der Waals surface area contributed by atoms with Crippen molar-refractivity contribution in [3.05, 3.63) is 35.4 Å². The van der Waals surface area contributed by atoms with E-state index >= 15 is 0 Å². The van der Waals surface area contributed by atoms with E-state index in [-0.39, 0.29) is 11.9 Å². The van der Waals surface area contributed by atoms with Crippen molar-refractivity contribution in [1.82, 2.24) is 0 Å². The first kappa shape index (κ1) is 11.3. The molecule has 0 saturated carbocycles. The Morgan fingerprint density at radius 1 is 1.53 bits per heavy atom. The third-order valence-electron chi connectivity index (χ3n) is 2.31. The third-order valence-corrected chi connectivity index (χ3v) is 2.31. The van der Waals surface area contributed by atoms with Crippen molar-refractivity contribution >= 4 is 5.97 Å². The van der Waals surface area contributed by atoms with Crippen LogP contribution in [-0.4, -0.2) is 13.1 Å². The summed E-state index contributed by atoms with van der Waals surface area (Å²) < 4.78 is 4.59. The molecule has 0 aliphatic heterocycles. The number of benzene rings is 1. The summed E-state index contributed by atoms with van der Waals surface area (Å²) in [6, 6.07) is 9.41. The van der Waals surface area contributed by atoms with Crippen LogP contribution >= 0.6 is 0 Å². The largest absolute Gasteiger partial charge is 0.469 e. The van der Waals surface area contributed by atoms with Gasteiger partial charge in [0, 0.05) is 0 Å². The molecule has 0 aliphatic rings. The Morgan fingerprint density at radius 2 is 2.20 bits per heavy atom. The first-order valence-corrected chi connectivity index (χ1v) is 4.75. The normalized spacial score (nSPS) is 11.5. The summed E-state index contributed by atoms with van der Waals surface area (Å²) >= 11 is 0. The van der Waals surface area contributed by atoms with E-state index in [0.717, 1.165) is 5.56 Å². The molecule has 0 aliphatic carbocycles. The molecule has 1 aromatic carbocycles. The molecule has 1 unspecified atom stereocenters. The van der Waals surface area contributed by atoms with Gasteiger partial charge in [0.05, 0.1) is 25.2 Å². The van der Waals surface area contributed by atoms with Crippen molar-refractivity contribution < 1.29 is 9.53 Å². The molecular weight excluding hydrogens is 190 g/mol. The molecule has 3 nitrogen and oxygen atoms in total. The molecule has 0 spiro atoms. The maximum absolute atomic E-state index is 11.1. The number of carbonyl (C=O) groups excluding carboxylic acids is 1. The number of esters is 1. The summed E-state index contributed by atoms with van der Waals surface area (Å²) in [6.07, 6.45) is 0.301. The number of nitriles is 1. The quantitative estimate of drug-likeness (QED) is 0.708. The third kappa shape index (κ3) is 2.81. The van der Waals surface area contributed by atoms with Gasteiger partial charge in [-0.1, -0.05) is 25.1 Å². The van der Waals surface area contributed by atoms with Crippen LogP contribution in [-0.2, 0) is 9.53 Å². The van der Waals surface area contributed by atoms with Gasteiger partial charge >= 0.3 is 5.97 Å². The monoisotopic (exact) mass is 203 g/mol. The van der Waals surface area contributed by atoms with Crippen LogP contribution in [0.2, 0.25) is 0 Å². The molecule has 0 amide bonds. The second kappa shape index (κ2) is 5.16. The number of rotatable bonds is 3. The van der Waals surface area contributed by atoms with E-state index in [1.165, 1.54) is 7.11 Å². The fourth-order valence-electron chi connectivity index (χ4n) is 1.47. The molecule has 0 heterocycles. The molecule has 0 fully saturated rings. The summed E-state index contributed by atoms with van der Waals surface area (Å²) in [5, 5.41) is 8.89. The molecule has 3 heteroatoms. The lowest BCUT2D eigenvalue weighted by atomic mass is 9.94. The van der Waals surface area contributed by atoms with E-state index in [2.05, 4.69) is 10.8 Å². The lowest BCUT2D eigenvalue weighted by molar-refractivity contribution is -0.140. The topological polar surface area (TPSA) is 50.1 Å². The fraction of sp³-hybridized carbons (Fsp3) is 0.333. The molecule has 0 bridgehead atoms. The number of ether oxygens (including phenoxy) is 1. The van der Waals surface area contributed by atoms with Gasteiger partial charge in [0.15, 0.2) is 0 Å². The average Bonchev–Trinajstić information content (AvgIpc) is 2.28. The lowest BCUT2D eigenvalue weighted by Crippen LogP contribution is -2.07. The zero-order valence-electron chi connectivity index (χ0n) is 8.86. The molecule has 1 rings (SSSR count). The van der Waals surface area contributed by atoms with Gasteiger partial charge in [-0.3, -0.25) is 4.79 Å². The Kier molecular flexibility index (Phi) is 3.87. The zero-order valence-corrected chi connectivity index (χ0v) is 8.86. The highest BCUT2D eigenvalue weighted by molar-refractivity contribution is 5.70. The predicted molar refractivity (Wildman–Crippen MR) is 56.2 cm³/mol. The fourth-order valence-corrected chi connectivity index (χ4v) is 1.47. The van der Waals surface area contributed by atoms with E-state index < -0.39 is 0 Å². The maximum Gasteiger partial charge on any atom is 0.306 e. The van der Waals surface area contributed by atoms with Crippen LogP contribution in [0.15, 0.2) is 24.3 Å². The van der Waals surface area contributed by atoms with E-state index in [9.17, 15) is 4.79 Å². The van der Waals surface area contributed by atoms with E-state index in [1.807, 2.05) is 25.1 Å². The van der Waals surface area contributed by atoms with Gasteiger partial charge in [0.2, 0.25) is 0 Å². The summed E-state index contributed by atoms with van der Waals surface area (Å²) in [7, 11) is 1.37. The molecule has 0 saturated heterocycles. The van der Waals surface area contributed by atoms with Crippen molar-refractivity contribution in [3.63, 3.8) is 0 Å². The van der Waals surface area contributed by atoms with Crippen LogP contribution in [0.25, 0.3) is 0 Å². The summed E-state index contributed by atoms with van der Waals surface area (Å²) in [4.78, 5) is 11.1. The molecule has 1 atom stereocenters. The van der Waals surface area contributed by atoms with Gasteiger partial charge in [-0.15, -0.1) is 0 Å². The summed E-state index contributed by atoms with van der Waals surface area (Å²) in [6.45, 7) is 1.91. The number of carbonyl (C=O) groups is 1. The minimum atomic E-state index is -0.254. The standard InChI is InChI=1S/C12H13NO2/c1-9(7-12(14)15-2)11-6-4-3-5-10(11)8-13/h3-6,9H,7H2,1-2H3. The Morgan fingerprint density at radius 3 is 2.80 bits per heavy atom. The number of hydrogen-bond acceptors (Lipinski definition) is 3. The van der Waals surface area contributed by atoms with Gasteiger partial charge < -0.3 is 4.74 Å². The number of hydrogen-bond donors (Lipinski definition) is 0. The Bertz CT molecular complexity index is 393. The Labute approximate surface area is 89.3 Å². The van der Waals surface area contributed by atoms with Crippen LogP contribution in [0.1, 0.15) is 30.4 Å². The van der Waals surface area contributed by atoms with E-state index in [0.29, 0.717) is 12.0 Å². The molecular formula is C12H13NO2. The van der Waals surface area contributed by atoms with Crippen molar-refractivity contribution in [3.8, 4) is 6.07 Å². The Balaban J connectivity index is 2.87. The summed E-state index contributed by atoms with van der Waals surface area (Å²) in [5.74, 6) is -0.247. The van der Waals surface area contributed by atoms with Gasteiger partial charge in [-0.25, -0.2) is 0 Å². The highest BCUT2D eigenvalue weighted by Crippen LogP contribution is 2.22. The van der Waals surface area contributed by atoms with Crippen molar-refractivity contribution in [1.29, 1.82) is 5.26 Å². The van der Waals surface area contributed by atoms with Gasteiger partial charge in [-0.05, 0) is 17.5 Å². The van der Waals surface area contributed by atoms with Crippen LogP contribution < -0.4 is 0 Å². The van der Waals surface area contributed by atoms with Crippen molar-refractivity contribution in [2.24, 2.45) is 0 Å². The second-order valence-corrected chi connectivity index (χ2v) is 3.38. The van der Waals surface area contributed by atoms with Gasteiger partial charge in [0.25, 0.3) is 0 Å². The maximum atomic E-state index is 11.1. The van der Waals surface area contributed by atoms with Gasteiger partial charge in [-0.2, -0.15) is 5.26 Å². The minimum Gasteiger partial charge on any atom is -0.469 e. The molecule has 15 heavy (non-hydrogen) atoms. The SMILES string of the molecule is COC(=O)CC(C)c1ccccc1C#N. The number of methoxy groups -OCH3 is 1. The summed E-state index contributed by atoms with van der Waals surface area (Å²) in [5.41, 5.74) is 1.51. The van der Waals surface area contributed by atoms with E-state index in [1.54, 1.807) is 6.07 Å². The first-order valence-electron chi connectivity index (χ1n) is 4.75. The molecule has 0 radical (unpaired) electrons. The van der Waals surface area contributed by atoms with Crippen molar-refractivity contribution in [2.45, 2.75) is 19.3 Å². The highest BCUT2D eigenvalue weighted by Gasteiger charge is 2.14. The smallest absolute Gasteiger partial charge is 0.306 e. The minimum absolute atomic E-state index is 0.00769. The molecule has 78 valence electrons. The van der Waals surface area contributed by atoms with Crippen LogP contribution in [0.5, 0.6) is 0 Å². The van der Waals surface area contributed by atoms with Gasteiger partial charge in [0.1, 0.15) is 0 Å². The van der Waals surface area contributed by atoms with Crippen LogP contribution in [0, 0.1) is 11.3 Å². The lowest BCUT2D eigenvalue weighted by Gasteiger charge is -2.11. The highest BCUT2D eigenvalue weighted by atomic mass is 16.5. The zero-order chi connectivity index (χ0) is 11.3. The molecule has 1 aromatic rings. The van der Waals surface area contributed by atoms with E-state index in [4.69, 9.17) is 5.26 Å². The van der Waals surface area contributed by atoms with Crippen molar-refractivity contribution in [2.75, 3.05) is 7.11 Å². The first-order chi connectivity index (χ1) is 7.19. The molecule has 0 N–H and O–H groups in total. The van der Waals surface area contributed by atoms with Crippen LogP contribution in [0.3, 0.4) is 0 Å². The van der Waals surface area contributed by atoms with Crippen LogP contribution in [0.4, 0.5) is 0 Å². The number of nitrogens with zero attached hydrogens (tertiary/aromatic N) is 1.